The lowest BCUT2D eigenvalue weighted by molar-refractivity contribution is -0.113. The lowest BCUT2D eigenvalue weighted by Crippen LogP contribution is -2.31. The molecule has 0 saturated carbocycles. The molecule has 0 unspecified atom stereocenters. The van der Waals surface area contributed by atoms with Gasteiger partial charge >= 0.3 is 0 Å². The van der Waals surface area contributed by atoms with Crippen LogP contribution in [0.5, 0.6) is 5.75 Å². The molecule has 1 saturated heterocycles. The number of para-hydroxylation sites is 1. The minimum absolute atomic E-state index is 0.0975. The smallest absolute Gasteiger partial charge is 0.281 e. The molecule has 0 atom stereocenters. The fourth-order valence-electron chi connectivity index (χ4n) is 2.99. The van der Waals surface area contributed by atoms with Gasteiger partial charge in [0.15, 0.2) is 5.11 Å². The van der Waals surface area contributed by atoms with Gasteiger partial charge in [-0.3, -0.25) is 4.79 Å². The Balaban J connectivity index is 1.47. The average molecular weight is 422 g/mol. The summed E-state index contributed by atoms with van der Waals surface area (Å²) in [5, 5.41) is 2.94. The molecule has 0 radical (unpaired) electrons. The number of amides is 1. The second-order valence-electron chi connectivity index (χ2n) is 6.53. The molecule has 4 rings (SSSR count). The Bertz CT molecular complexity index is 1150. The van der Waals surface area contributed by atoms with Gasteiger partial charge in [-0.2, -0.15) is 0 Å². The summed E-state index contributed by atoms with van der Waals surface area (Å²) in [6, 6.07) is 19.3. The van der Waals surface area contributed by atoms with Crippen molar-refractivity contribution >= 4 is 35.0 Å². The highest BCUT2D eigenvalue weighted by molar-refractivity contribution is 7.80. The van der Waals surface area contributed by atoms with Crippen LogP contribution in [0.15, 0.2) is 78.5 Å². The Labute approximate surface area is 177 Å². The molecule has 0 aliphatic carbocycles. The van der Waals surface area contributed by atoms with Gasteiger partial charge in [0, 0.05) is 5.56 Å². The summed E-state index contributed by atoms with van der Waals surface area (Å²) in [7, 11) is 0. The van der Waals surface area contributed by atoms with E-state index in [2.05, 4.69) is 5.32 Å². The van der Waals surface area contributed by atoms with Gasteiger partial charge in [-0.15, -0.1) is 0 Å². The molecule has 3 aromatic rings. The summed E-state index contributed by atoms with van der Waals surface area (Å²) in [6.07, 6.45) is 1.62. The molecule has 0 bridgehead atoms. The predicted molar refractivity (Wildman–Crippen MR) is 115 cm³/mol. The van der Waals surface area contributed by atoms with Crippen LogP contribution in [0, 0.1) is 11.6 Å². The fourth-order valence-corrected chi connectivity index (χ4v) is 3.28. The van der Waals surface area contributed by atoms with E-state index in [0.29, 0.717) is 11.3 Å². The lowest BCUT2D eigenvalue weighted by atomic mass is 10.1. The van der Waals surface area contributed by atoms with Crippen LogP contribution in [0.3, 0.4) is 0 Å². The van der Waals surface area contributed by atoms with E-state index in [1.165, 1.54) is 18.2 Å². The first kappa shape index (κ1) is 19.7. The highest BCUT2D eigenvalue weighted by Gasteiger charge is 2.33. The van der Waals surface area contributed by atoms with Crippen molar-refractivity contribution in [3.8, 4) is 5.75 Å². The number of benzene rings is 3. The van der Waals surface area contributed by atoms with Gasteiger partial charge in [0.25, 0.3) is 5.91 Å². The number of anilines is 1. The molecular weight excluding hydrogens is 406 g/mol. The molecular formula is C23H16F2N2O2S. The minimum Gasteiger partial charge on any atom is -0.489 e. The summed E-state index contributed by atoms with van der Waals surface area (Å²) in [4.78, 5) is 13.8. The quantitative estimate of drug-likeness (QED) is 0.474. The van der Waals surface area contributed by atoms with Crippen molar-refractivity contribution in [2.75, 3.05) is 4.90 Å². The zero-order valence-electron chi connectivity index (χ0n) is 15.6. The van der Waals surface area contributed by atoms with E-state index in [1.54, 1.807) is 60.7 Å². The van der Waals surface area contributed by atoms with Crippen molar-refractivity contribution in [3.63, 3.8) is 0 Å². The number of rotatable bonds is 5. The summed E-state index contributed by atoms with van der Waals surface area (Å²) in [6.45, 7) is 0.110. The van der Waals surface area contributed by atoms with Crippen molar-refractivity contribution in [3.05, 3.63) is 101 Å². The molecule has 0 spiro atoms. The van der Waals surface area contributed by atoms with Crippen LogP contribution in [0.4, 0.5) is 14.5 Å². The Hall–Kier alpha value is -3.58. The van der Waals surface area contributed by atoms with Crippen LogP contribution >= 0.6 is 12.2 Å². The van der Waals surface area contributed by atoms with Crippen LogP contribution in [-0.2, 0) is 11.4 Å². The average Bonchev–Trinajstić information content (AvgIpc) is 3.02. The fraction of sp³-hybridized carbons (Fsp3) is 0.0435. The molecule has 1 heterocycles. The molecule has 150 valence electrons. The van der Waals surface area contributed by atoms with Crippen molar-refractivity contribution in [1.82, 2.24) is 5.32 Å². The van der Waals surface area contributed by atoms with Gasteiger partial charge in [0.1, 0.15) is 29.7 Å². The molecule has 1 amide bonds. The van der Waals surface area contributed by atoms with Crippen LogP contribution in [-0.4, -0.2) is 11.0 Å². The number of hydrogen-bond donors (Lipinski definition) is 1. The topological polar surface area (TPSA) is 41.6 Å². The van der Waals surface area contributed by atoms with Crippen LogP contribution in [0.2, 0.25) is 0 Å². The van der Waals surface area contributed by atoms with E-state index in [4.69, 9.17) is 17.0 Å². The highest BCUT2D eigenvalue weighted by Crippen LogP contribution is 2.25. The molecule has 0 aromatic heterocycles. The van der Waals surface area contributed by atoms with E-state index < -0.39 is 11.7 Å². The molecule has 4 nitrogen and oxygen atoms in total. The van der Waals surface area contributed by atoms with Crippen LogP contribution in [0.1, 0.15) is 11.1 Å². The maximum Gasteiger partial charge on any atom is 0.281 e. The number of nitrogens with one attached hydrogen (secondary N) is 1. The zero-order chi connectivity index (χ0) is 21.1. The third-order valence-electron chi connectivity index (χ3n) is 4.51. The van der Waals surface area contributed by atoms with Crippen molar-refractivity contribution in [2.45, 2.75) is 6.61 Å². The Morgan fingerprint density at radius 2 is 1.60 bits per heavy atom. The van der Waals surface area contributed by atoms with Gasteiger partial charge in [0.05, 0.1) is 5.69 Å². The first-order valence-corrected chi connectivity index (χ1v) is 9.52. The lowest BCUT2D eigenvalue weighted by Gasteiger charge is -2.14. The van der Waals surface area contributed by atoms with Gasteiger partial charge in [-0.05, 0) is 54.2 Å². The highest BCUT2D eigenvalue weighted by atomic mass is 32.1. The summed E-state index contributed by atoms with van der Waals surface area (Å²) in [5.41, 5.74) is 1.53. The Morgan fingerprint density at radius 3 is 2.30 bits per heavy atom. The third kappa shape index (κ3) is 4.06. The standard InChI is InChI=1S/C23H16F2N2O2S/c24-18-6-2-1-5-16(18)14-29-17-11-9-15(10-12-17)13-20-22(28)27(23(30)26-20)21-8-4-3-7-19(21)25/h1-13H,14H2,(H,26,30)/b20-13-. The number of ether oxygens (including phenoxy) is 1. The number of thiocarbonyl (C=S) groups is 1. The normalized spacial score (nSPS) is 14.9. The van der Waals surface area contributed by atoms with Gasteiger partial charge in [0.2, 0.25) is 0 Å². The van der Waals surface area contributed by atoms with Crippen LogP contribution < -0.4 is 15.0 Å². The molecule has 1 fully saturated rings. The number of halogens is 2. The Morgan fingerprint density at radius 1 is 0.933 bits per heavy atom. The largest absolute Gasteiger partial charge is 0.489 e. The number of nitrogens with zero attached hydrogens (tertiary/aromatic N) is 1. The summed E-state index contributed by atoms with van der Waals surface area (Å²) in [5.74, 6) is -0.729. The van der Waals surface area contributed by atoms with E-state index in [-0.39, 0.29) is 28.9 Å². The van der Waals surface area contributed by atoms with Crippen molar-refractivity contribution in [2.24, 2.45) is 0 Å². The summed E-state index contributed by atoms with van der Waals surface area (Å²) < 4.78 is 33.3. The number of carbonyl (C=O) groups excluding carboxylic acids is 1. The zero-order valence-corrected chi connectivity index (χ0v) is 16.5. The minimum atomic E-state index is -0.535. The van der Waals surface area contributed by atoms with Gasteiger partial charge in [-0.1, -0.05) is 42.5 Å². The molecule has 3 aromatic carbocycles. The monoisotopic (exact) mass is 422 g/mol. The second kappa shape index (κ2) is 8.42. The molecule has 30 heavy (non-hydrogen) atoms. The van der Waals surface area contributed by atoms with E-state index >= 15 is 0 Å². The third-order valence-corrected chi connectivity index (χ3v) is 4.80. The van der Waals surface area contributed by atoms with Crippen LogP contribution in [0.25, 0.3) is 6.08 Å². The van der Waals surface area contributed by atoms with Crippen molar-refractivity contribution in [1.29, 1.82) is 0 Å². The maximum atomic E-state index is 14.1. The van der Waals surface area contributed by atoms with Gasteiger partial charge < -0.3 is 10.1 Å². The number of carbonyl (C=O) groups is 1. The molecule has 1 aliphatic heterocycles. The first-order valence-electron chi connectivity index (χ1n) is 9.11. The summed E-state index contributed by atoms with van der Waals surface area (Å²) >= 11 is 5.20. The maximum absolute atomic E-state index is 14.1. The number of hydrogen-bond acceptors (Lipinski definition) is 3. The van der Waals surface area contributed by atoms with E-state index in [0.717, 1.165) is 10.5 Å². The van der Waals surface area contributed by atoms with E-state index in [9.17, 15) is 13.6 Å². The molecule has 7 heteroatoms. The van der Waals surface area contributed by atoms with E-state index in [1.807, 2.05) is 0 Å². The first-order chi connectivity index (χ1) is 14.5. The molecule has 1 aliphatic rings. The SMILES string of the molecule is O=C1/C(=C/c2ccc(OCc3ccccc3F)cc2)NC(=S)N1c1ccccc1F. The molecule has 1 N–H and O–H groups in total. The second-order valence-corrected chi connectivity index (χ2v) is 6.92. The Kier molecular flexibility index (Phi) is 5.54. The van der Waals surface area contributed by atoms with Crippen molar-refractivity contribution < 1.29 is 18.3 Å². The predicted octanol–water partition coefficient (Wildman–Crippen LogP) is 4.81. The van der Waals surface area contributed by atoms with Gasteiger partial charge in [-0.25, -0.2) is 13.7 Å².